The largest absolute Gasteiger partial charge is 0.481 e. The normalized spacial score (nSPS) is 12.2. The second-order valence-corrected chi connectivity index (χ2v) is 4.74. The first-order valence-corrected chi connectivity index (χ1v) is 6.48. The lowest BCUT2D eigenvalue weighted by Gasteiger charge is -2.11. The molecular formula is C15H18N2O3. The Bertz CT molecular complexity index is 613. The summed E-state index contributed by atoms with van der Waals surface area (Å²) in [7, 11) is 1.53. The molecule has 0 saturated carbocycles. The number of rotatable bonds is 5. The minimum Gasteiger partial charge on any atom is -0.481 e. The first kappa shape index (κ1) is 14.3. The molecule has 0 aliphatic rings. The summed E-state index contributed by atoms with van der Waals surface area (Å²) in [5.41, 5.74) is 0.311. The smallest absolute Gasteiger partial charge is 0.270 e. The molecule has 0 fully saturated rings. The molecule has 106 valence electrons. The number of aliphatic hydroxyl groups is 1. The van der Waals surface area contributed by atoms with Gasteiger partial charge < -0.3 is 15.2 Å². The van der Waals surface area contributed by atoms with Crippen molar-refractivity contribution in [1.82, 2.24) is 10.3 Å². The molecule has 0 aliphatic carbocycles. The number of nitrogens with zero attached hydrogens (tertiary/aromatic N) is 1. The quantitative estimate of drug-likeness (QED) is 0.868. The second kappa shape index (κ2) is 6.34. The van der Waals surface area contributed by atoms with Crippen molar-refractivity contribution in [2.75, 3.05) is 20.3 Å². The van der Waals surface area contributed by atoms with Crippen LogP contribution < -0.4 is 10.1 Å². The van der Waals surface area contributed by atoms with Crippen molar-refractivity contribution >= 4 is 16.7 Å². The molecule has 1 atom stereocenters. The van der Waals surface area contributed by atoms with Crippen LogP contribution in [0.25, 0.3) is 10.8 Å². The van der Waals surface area contributed by atoms with Crippen molar-refractivity contribution < 1.29 is 14.6 Å². The molecule has 0 bridgehead atoms. The van der Waals surface area contributed by atoms with E-state index in [-0.39, 0.29) is 18.4 Å². The van der Waals surface area contributed by atoms with Crippen LogP contribution in [0.2, 0.25) is 0 Å². The number of ether oxygens (including phenoxy) is 1. The fourth-order valence-corrected chi connectivity index (χ4v) is 1.86. The topological polar surface area (TPSA) is 71.5 Å². The van der Waals surface area contributed by atoms with E-state index < -0.39 is 0 Å². The highest BCUT2D eigenvalue weighted by molar-refractivity contribution is 5.98. The Balaban J connectivity index is 2.28. The molecule has 0 spiro atoms. The highest BCUT2D eigenvalue weighted by Crippen LogP contribution is 2.24. The number of pyridine rings is 1. The van der Waals surface area contributed by atoms with Crippen LogP contribution in [0.1, 0.15) is 17.4 Å². The van der Waals surface area contributed by atoms with Crippen molar-refractivity contribution in [3.8, 4) is 5.88 Å². The minimum absolute atomic E-state index is 0.0151. The molecule has 1 aromatic carbocycles. The maximum Gasteiger partial charge on any atom is 0.270 e. The van der Waals surface area contributed by atoms with E-state index in [0.29, 0.717) is 18.1 Å². The fourth-order valence-electron chi connectivity index (χ4n) is 1.86. The third kappa shape index (κ3) is 3.05. The van der Waals surface area contributed by atoms with Gasteiger partial charge >= 0.3 is 0 Å². The van der Waals surface area contributed by atoms with E-state index in [2.05, 4.69) is 10.3 Å². The van der Waals surface area contributed by atoms with Crippen LogP contribution in [-0.4, -0.2) is 36.3 Å². The minimum atomic E-state index is -0.269. The number of benzene rings is 1. The fraction of sp³-hybridized carbons (Fsp3) is 0.333. The van der Waals surface area contributed by atoms with Gasteiger partial charge in [-0.15, -0.1) is 0 Å². The van der Waals surface area contributed by atoms with Gasteiger partial charge in [0, 0.05) is 18.5 Å². The molecule has 2 aromatic rings. The van der Waals surface area contributed by atoms with Gasteiger partial charge in [0.2, 0.25) is 5.88 Å². The molecule has 1 unspecified atom stereocenters. The van der Waals surface area contributed by atoms with Gasteiger partial charge in [-0.05, 0) is 23.4 Å². The van der Waals surface area contributed by atoms with Crippen LogP contribution in [0.5, 0.6) is 5.88 Å². The average Bonchev–Trinajstić information content (AvgIpc) is 2.50. The number of hydrogen-bond acceptors (Lipinski definition) is 4. The van der Waals surface area contributed by atoms with E-state index in [1.165, 1.54) is 7.11 Å². The molecule has 5 heteroatoms. The summed E-state index contributed by atoms with van der Waals surface area (Å²) in [6, 6.07) is 9.34. The SMILES string of the molecule is COc1nc(C(=O)NCC(C)CO)cc2ccccc12. The van der Waals surface area contributed by atoms with Crippen LogP contribution in [-0.2, 0) is 0 Å². The van der Waals surface area contributed by atoms with Crippen molar-refractivity contribution in [3.63, 3.8) is 0 Å². The lowest BCUT2D eigenvalue weighted by Crippen LogP contribution is -2.30. The molecule has 2 rings (SSSR count). The summed E-state index contributed by atoms with van der Waals surface area (Å²) in [5, 5.41) is 13.5. The number of fused-ring (bicyclic) bond motifs is 1. The Kier molecular flexibility index (Phi) is 4.53. The first-order valence-electron chi connectivity index (χ1n) is 6.48. The van der Waals surface area contributed by atoms with Crippen molar-refractivity contribution in [1.29, 1.82) is 0 Å². The zero-order valence-corrected chi connectivity index (χ0v) is 11.6. The molecule has 20 heavy (non-hydrogen) atoms. The number of aromatic nitrogens is 1. The van der Waals surface area contributed by atoms with Gasteiger partial charge in [0.15, 0.2) is 0 Å². The Labute approximate surface area is 117 Å². The number of methoxy groups -OCH3 is 1. The van der Waals surface area contributed by atoms with E-state index in [4.69, 9.17) is 9.84 Å². The van der Waals surface area contributed by atoms with E-state index in [1.807, 2.05) is 31.2 Å². The predicted molar refractivity (Wildman–Crippen MR) is 76.9 cm³/mol. The molecule has 0 aliphatic heterocycles. The Morgan fingerprint density at radius 2 is 2.20 bits per heavy atom. The van der Waals surface area contributed by atoms with Gasteiger partial charge in [0.25, 0.3) is 5.91 Å². The van der Waals surface area contributed by atoms with E-state index in [9.17, 15) is 4.79 Å². The van der Waals surface area contributed by atoms with Gasteiger partial charge in [0.05, 0.1) is 7.11 Å². The monoisotopic (exact) mass is 274 g/mol. The highest BCUT2D eigenvalue weighted by Gasteiger charge is 2.13. The summed E-state index contributed by atoms with van der Waals surface area (Å²) < 4.78 is 5.23. The summed E-state index contributed by atoms with van der Waals surface area (Å²) in [6.45, 7) is 2.30. The zero-order valence-electron chi connectivity index (χ0n) is 11.6. The Hall–Kier alpha value is -2.14. The second-order valence-electron chi connectivity index (χ2n) is 4.74. The van der Waals surface area contributed by atoms with E-state index in [0.717, 1.165) is 10.8 Å². The van der Waals surface area contributed by atoms with Crippen LogP contribution in [0, 0.1) is 5.92 Å². The van der Waals surface area contributed by atoms with E-state index in [1.54, 1.807) is 6.07 Å². The lowest BCUT2D eigenvalue weighted by atomic mass is 10.1. The van der Waals surface area contributed by atoms with Gasteiger partial charge in [-0.2, -0.15) is 0 Å². The number of aliphatic hydroxyl groups excluding tert-OH is 1. The van der Waals surface area contributed by atoms with Crippen molar-refractivity contribution in [3.05, 3.63) is 36.0 Å². The molecular weight excluding hydrogens is 256 g/mol. The zero-order chi connectivity index (χ0) is 14.5. The third-order valence-corrected chi connectivity index (χ3v) is 3.05. The summed E-state index contributed by atoms with van der Waals surface area (Å²) >= 11 is 0. The molecule has 1 heterocycles. The van der Waals surface area contributed by atoms with Crippen LogP contribution in [0.3, 0.4) is 0 Å². The molecule has 0 saturated heterocycles. The summed E-state index contributed by atoms with van der Waals surface area (Å²) in [5.74, 6) is 0.180. The van der Waals surface area contributed by atoms with Crippen LogP contribution in [0.4, 0.5) is 0 Å². The maximum atomic E-state index is 12.1. The summed E-state index contributed by atoms with van der Waals surface area (Å²) in [6.07, 6.45) is 0. The van der Waals surface area contributed by atoms with Crippen LogP contribution in [0.15, 0.2) is 30.3 Å². The van der Waals surface area contributed by atoms with Gasteiger partial charge in [-0.3, -0.25) is 4.79 Å². The van der Waals surface area contributed by atoms with E-state index >= 15 is 0 Å². The van der Waals surface area contributed by atoms with Crippen molar-refractivity contribution in [2.24, 2.45) is 5.92 Å². The number of carbonyl (C=O) groups excluding carboxylic acids is 1. The van der Waals surface area contributed by atoms with Gasteiger partial charge in [0.1, 0.15) is 5.69 Å². The highest BCUT2D eigenvalue weighted by atomic mass is 16.5. The molecule has 5 nitrogen and oxygen atoms in total. The molecule has 1 aromatic heterocycles. The van der Waals surface area contributed by atoms with Gasteiger partial charge in [-0.25, -0.2) is 4.98 Å². The lowest BCUT2D eigenvalue weighted by molar-refractivity contribution is 0.0936. The Morgan fingerprint density at radius 3 is 2.90 bits per heavy atom. The number of amides is 1. The third-order valence-electron chi connectivity index (χ3n) is 3.05. The maximum absolute atomic E-state index is 12.1. The first-order chi connectivity index (χ1) is 9.65. The number of carbonyl (C=O) groups is 1. The Morgan fingerprint density at radius 1 is 1.45 bits per heavy atom. The standard InChI is InChI=1S/C15H18N2O3/c1-10(9-18)8-16-14(19)13-7-11-5-3-4-6-12(11)15(17-13)20-2/h3-7,10,18H,8-9H2,1-2H3,(H,16,19). The molecule has 1 amide bonds. The van der Waals surface area contributed by atoms with Crippen molar-refractivity contribution in [2.45, 2.75) is 6.92 Å². The molecule has 0 radical (unpaired) electrons. The summed E-state index contributed by atoms with van der Waals surface area (Å²) in [4.78, 5) is 16.3. The molecule has 2 N–H and O–H groups in total. The predicted octanol–water partition coefficient (Wildman–Crippen LogP) is 1.60. The van der Waals surface area contributed by atoms with Gasteiger partial charge in [-0.1, -0.05) is 25.1 Å². The average molecular weight is 274 g/mol. The number of nitrogens with one attached hydrogen (secondary N) is 1. The number of hydrogen-bond donors (Lipinski definition) is 2. The van der Waals surface area contributed by atoms with Crippen LogP contribution >= 0.6 is 0 Å².